The summed E-state index contributed by atoms with van der Waals surface area (Å²) < 4.78 is 19.9. The van der Waals surface area contributed by atoms with Crippen LogP contribution in [-0.4, -0.2) is 30.9 Å². The molecule has 0 radical (unpaired) electrons. The summed E-state index contributed by atoms with van der Waals surface area (Å²) in [7, 11) is 0. The van der Waals surface area contributed by atoms with Crippen LogP contribution >= 0.6 is 0 Å². The number of aliphatic imine (C=N–C) groups is 1. The minimum Gasteiger partial charge on any atom is -0.462 e. The highest BCUT2D eigenvalue weighted by atomic mass is 19.1. The number of fused-ring (bicyclic) bond motifs is 1. The first-order valence-corrected chi connectivity index (χ1v) is 10.4. The molecule has 2 aromatic rings. The number of nitrogens with zero attached hydrogens (tertiary/aromatic N) is 2. The van der Waals surface area contributed by atoms with E-state index in [1.807, 2.05) is 6.07 Å². The Morgan fingerprint density at radius 2 is 1.90 bits per heavy atom. The summed E-state index contributed by atoms with van der Waals surface area (Å²) in [4.78, 5) is 18.4. The summed E-state index contributed by atoms with van der Waals surface area (Å²) in [6.45, 7) is 11.5. The minimum absolute atomic E-state index is 0.157. The maximum Gasteiger partial charge on any atom is 0.338 e. The number of halogens is 1. The van der Waals surface area contributed by atoms with Crippen LogP contribution in [0.1, 0.15) is 62.5 Å². The van der Waals surface area contributed by atoms with Gasteiger partial charge in [-0.05, 0) is 76.1 Å². The monoisotopic (exact) mass is 408 g/mol. The quantitative estimate of drug-likeness (QED) is 0.424. The lowest BCUT2D eigenvalue weighted by atomic mass is 9.87. The van der Waals surface area contributed by atoms with E-state index in [1.165, 1.54) is 6.21 Å². The number of allylic oxidation sites excluding steroid dienone is 1. The van der Waals surface area contributed by atoms with Crippen molar-refractivity contribution < 1.29 is 13.9 Å². The van der Waals surface area contributed by atoms with Crippen molar-refractivity contribution in [1.29, 1.82) is 0 Å². The number of carbonyl (C=O) groups excluding carboxylic acids is 1. The Bertz CT molecular complexity index is 991. The summed E-state index contributed by atoms with van der Waals surface area (Å²) in [5.74, 6) is -0.664. The maximum absolute atomic E-state index is 14.9. The zero-order valence-corrected chi connectivity index (χ0v) is 18.3. The van der Waals surface area contributed by atoms with E-state index >= 15 is 0 Å². The van der Waals surface area contributed by atoms with Crippen molar-refractivity contribution in [3.63, 3.8) is 0 Å². The summed E-state index contributed by atoms with van der Waals surface area (Å²) in [5.41, 5.74) is 4.48. The van der Waals surface area contributed by atoms with Crippen LogP contribution in [0.3, 0.4) is 0 Å². The molecule has 0 N–H and O–H groups in total. The second-order valence-electron chi connectivity index (χ2n) is 8.05. The van der Waals surface area contributed by atoms with E-state index in [0.717, 1.165) is 29.8 Å². The van der Waals surface area contributed by atoms with Crippen molar-refractivity contribution in [2.45, 2.75) is 46.6 Å². The van der Waals surface area contributed by atoms with E-state index in [0.29, 0.717) is 23.4 Å². The molecule has 0 fully saturated rings. The SMILES string of the molecule is CCCN1c2cc(F)c(C=Nc3ccc(C(=O)OCC)cc3)cc2C(C)=CC1(C)C. The molecule has 0 spiro atoms. The molecule has 30 heavy (non-hydrogen) atoms. The molecule has 4 nitrogen and oxygen atoms in total. The highest BCUT2D eigenvalue weighted by Gasteiger charge is 2.31. The molecule has 0 unspecified atom stereocenters. The standard InChI is InChI=1S/C25H29FN2O2/c1-6-12-28-23-14-22(26)19(13-21(23)17(3)15-25(28,4)5)16-27-20-10-8-18(9-11-20)24(29)30-7-2/h8-11,13-16H,6-7,12H2,1-5H3. The van der Waals surface area contributed by atoms with Crippen LogP contribution in [0.2, 0.25) is 0 Å². The molecule has 1 aliphatic rings. The molecule has 0 aliphatic carbocycles. The number of anilines is 1. The fourth-order valence-corrected chi connectivity index (χ4v) is 3.89. The molecular formula is C25H29FN2O2. The van der Waals surface area contributed by atoms with Gasteiger partial charge in [-0.3, -0.25) is 4.99 Å². The summed E-state index contributed by atoms with van der Waals surface area (Å²) in [6.07, 6.45) is 4.76. The molecule has 0 atom stereocenters. The fourth-order valence-electron chi connectivity index (χ4n) is 3.89. The van der Waals surface area contributed by atoms with Crippen LogP contribution in [0, 0.1) is 5.82 Å². The van der Waals surface area contributed by atoms with Crippen LogP contribution in [0.15, 0.2) is 47.5 Å². The lowest BCUT2D eigenvalue weighted by Gasteiger charge is -2.43. The van der Waals surface area contributed by atoms with Gasteiger partial charge < -0.3 is 9.64 Å². The lowest BCUT2D eigenvalue weighted by molar-refractivity contribution is 0.0526. The Morgan fingerprint density at radius 3 is 2.53 bits per heavy atom. The summed E-state index contributed by atoms with van der Waals surface area (Å²) >= 11 is 0. The highest BCUT2D eigenvalue weighted by molar-refractivity contribution is 5.91. The smallest absolute Gasteiger partial charge is 0.338 e. The third kappa shape index (κ3) is 4.45. The van der Waals surface area contributed by atoms with Gasteiger partial charge in [0.25, 0.3) is 0 Å². The summed E-state index contributed by atoms with van der Waals surface area (Å²) in [5, 5.41) is 0. The lowest BCUT2D eigenvalue weighted by Crippen LogP contribution is -2.45. The molecule has 158 valence electrons. The van der Waals surface area contributed by atoms with E-state index in [4.69, 9.17) is 4.74 Å². The van der Waals surface area contributed by atoms with Crippen LogP contribution in [-0.2, 0) is 4.74 Å². The van der Waals surface area contributed by atoms with Gasteiger partial charge in [-0.1, -0.05) is 13.0 Å². The minimum atomic E-state index is -0.365. The largest absolute Gasteiger partial charge is 0.462 e. The third-order valence-corrected chi connectivity index (χ3v) is 5.27. The van der Waals surface area contributed by atoms with Crippen molar-refractivity contribution in [1.82, 2.24) is 0 Å². The van der Waals surface area contributed by atoms with E-state index in [-0.39, 0.29) is 17.3 Å². The Kier molecular flexibility index (Phi) is 6.40. The number of benzene rings is 2. The Labute approximate surface area is 178 Å². The van der Waals surface area contributed by atoms with Gasteiger partial charge >= 0.3 is 5.97 Å². The number of ether oxygens (including phenoxy) is 1. The van der Waals surface area contributed by atoms with Crippen LogP contribution in [0.25, 0.3) is 5.57 Å². The van der Waals surface area contributed by atoms with E-state index < -0.39 is 0 Å². The van der Waals surface area contributed by atoms with Gasteiger partial charge in [-0.2, -0.15) is 0 Å². The molecular weight excluding hydrogens is 379 g/mol. The van der Waals surface area contributed by atoms with Crippen LogP contribution in [0.4, 0.5) is 15.8 Å². The van der Waals surface area contributed by atoms with Gasteiger partial charge in [0, 0.05) is 29.6 Å². The first kappa shape index (κ1) is 21.8. The van der Waals surface area contributed by atoms with E-state index in [1.54, 1.807) is 37.3 Å². The van der Waals surface area contributed by atoms with Crippen molar-refractivity contribution in [2.24, 2.45) is 4.99 Å². The van der Waals surface area contributed by atoms with Crippen molar-refractivity contribution in [3.8, 4) is 0 Å². The summed E-state index contributed by atoms with van der Waals surface area (Å²) in [6, 6.07) is 10.2. The molecule has 5 heteroatoms. The van der Waals surface area contributed by atoms with E-state index in [2.05, 4.69) is 43.7 Å². The Balaban J connectivity index is 1.90. The molecule has 0 bridgehead atoms. The van der Waals surface area contributed by atoms with Crippen LogP contribution < -0.4 is 4.90 Å². The second kappa shape index (κ2) is 8.82. The van der Waals surface area contributed by atoms with Crippen molar-refractivity contribution in [2.75, 3.05) is 18.1 Å². The fraction of sp³-hybridized carbons (Fsp3) is 0.360. The number of hydrogen-bond donors (Lipinski definition) is 0. The predicted molar refractivity (Wildman–Crippen MR) is 121 cm³/mol. The van der Waals surface area contributed by atoms with Crippen LogP contribution in [0.5, 0.6) is 0 Å². The molecule has 0 saturated heterocycles. The Morgan fingerprint density at radius 1 is 1.20 bits per heavy atom. The number of hydrogen-bond acceptors (Lipinski definition) is 4. The number of carbonyl (C=O) groups is 1. The van der Waals surface area contributed by atoms with Crippen molar-refractivity contribution >= 4 is 29.1 Å². The highest BCUT2D eigenvalue weighted by Crippen LogP contribution is 2.40. The molecule has 0 saturated carbocycles. The molecule has 0 aromatic heterocycles. The van der Waals surface area contributed by atoms with Gasteiger partial charge in [0.2, 0.25) is 0 Å². The molecule has 0 amide bonds. The molecule has 1 heterocycles. The van der Waals surface area contributed by atoms with Crippen molar-refractivity contribution in [3.05, 3.63) is 65.0 Å². The zero-order chi connectivity index (χ0) is 21.9. The topological polar surface area (TPSA) is 41.9 Å². The number of esters is 1. The average Bonchev–Trinajstić information content (AvgIpc) is 2.70. The van der Waals surface area contributed by atoms with Gasteiger partial charge in [0.15, 0.2) is 0 Å². The van der Waals surface area contributed by atoms with E-state index in [9.17, 15) is 9.18 Å². The van der Waals surface area contributed by atoms with Gasteiger partial charge in [0.1, 0.15) is 5.82 Å². The normalized spacial score (nSPS) is 15.1. The average molecular weight is 409 g/mol. The first-order valence-electron chi connectivity index (χ1n) is 10.4. The predicted octanol–water partition coefficient (Wildman–Crippen LogP) is 6.16. The second-order valence-corrected chi connectivity index (χ2v) is 8.05. The zero-order valence-electron chi connectivity index (χ0n) is 18.3. The maximum atomic E-state index is 14.9. The molecule has 1 aliphatic heterocycles. The first-order chi connectivity index (χ1) is 14.3. The molecule has 2 aromatic carbocycles. The van der Waals surface area contributed by atoms with Gasteiger partial charge in [0.05, 0.1) is 23.4 Å². The van der Waals surface area contributed by atoms with Gasteiger partial charge in [-0.15, -0.1) is 0 Å². The van der Waals surface area contributed by atoms with Gasteiger partial charge in [-0.25, -0.2) is 9.18 Å². The third-order valence-electron chi connectivity index (χ3n) is 5.27. The Hall–Kier alpha value is -2.95. The number of rotatable bonds is 6. The molecule has 3 rings (SSSR count).